The molecule has 11 rings (SSSR count). The fraction of sp³-hybridized carbons (Fsp3) is 0.282. The second-order valence-corrected chi connectivity index (χ2v) is 27.4. The van der Waals surface area contributed by atoms with E-state index >= 15 is 0 Å². The highest BCUT2D eigenvalue weighted by Crippen LogP contribution is 2.48. The van der Waals surface area contributed by atoms with Gasteiger partial charge in [-0.3, -0.25) is 9.55 Å². The van der Waals surface area contributed by atoms with Gasteiger partial charge in [-0.2, -0.15) is 0 Å². The first-order chi connectivity index (χ1) is 39.3. The van der Waals surface area contributed by atoms with Crippen molar-refractivity contribution in [2.24, 2.45) is 0 Å². The fourth-order valence-corrected chi connectivity index (χ4v) is 11.8. The van der Waals surface area contributed by atoms with E-state index in [1.165, 1.54) is 21.7 Å². The molecule has 9 aromatic carbocycles. The Morgan fingerprint density at radius 1 is 0.439 bits per heavy atom. The molecule has 0 spiro atoms. The molecule has 2 aromatic heterocycles. The molecule has 4 nitrogen and oxygen atoms in total. The minimum Gasteiger partial charge on any atom is -0.507 e. The van der Waals surface area contributed by atoms with Crippen LogP contribution >= 0.6 is 0 Å². The van der Waals surface area contributed by atoms with Crippen LogP contribution in [0.1, 0.15) is 159 Å². The van der Waals surface area contributed by atoms with Crippen LogP contribution in [0.3, 0.4) is 0 Å². The molecule has 0 aliphatic carbocycles. The molecule has 0 fully saturated rings. The van der Waals surface area contributed by atoms with Crippen LogP contribution in [0.4, 0.5) is 0 Å². The Kier molecular flexibility index (Phi) is 13.5. The summed E-state index contributed by atoms with van der Waals surface area (Å²) in [6, 6.07) is 63.2. The number of fused-ring (bicyclic) bond motifs is 4. The maximum atomic E-state index is 12.8. The van der Waals surface area contributed by atoms with E-state index in [1.54, 1.807) is 0 Å². The van der Waals surface area contributed by atoms with Crippen LogP contribution < -0.4 is 0 Å². The minimum atomic E-state index is -1.02. The number of benzene rings is 9. The Labute approximate surface area is 490 Å². The SMILES string of the molecule is [2H]C(C)(C)c1cc(-c2ccc3c(ccc4ccccc43)c2)cc(C([2H])(C)C)c1-c1ccnc(-c2cc(-c3cccc4c3nc(-c3cc(C(C)(C)C)cc(C(C)(C)C)c3O)n4-c3ccc(C(C)(C)C)cc3-c3ccccc3)cc(C(C)(C)C)c2)c1. The monoisotopic (exact) mass is 1080 g/mol. The molecule has 0 amide bonds. The number of aromatic nitrogens is 3. The quantitative estimate of drug-likeness (QED) is 0.147. The van der Waals surface area contributed by atoms with Gasteiger partial charge in [-0.1, -0.05) is 232 Å². The van der Waals surface area contributed by atoms with Crippen LogP contribution in [0.15, 0.2) is 182 Å². The van der Waals surface area contributed by atoms with Gasteiger partial charge in [0.1, 0.15) is 11.6 Å². The summed E-state index contributed by atoms with van der Waals surface area (Å²) in [4.78, 5) is 10.9. The van der Waals surface area contributed by atoms with Crippen molar-refractivity contribution in [2.75, 3.05) is 0 Å². The molecule has 0 radical (unpaired) electrons. The van der Waals surface area contributed by atoms with Gasteiger partial charge in [-0.05, 0) is 171 Å². The molecule has 414 valence electrons. The van der Waals surface area contributed by atoms with Crippen molar-refractivity contribution in [3.63, 3.8) is 0 Å². The van der Waals surface area contributed by atoms with Crippen LogP contribution in [0.5, 0.6) is 5.75 Å². The summed E-state index contributed by atoms with van der Waals surface area (Å²) in [5, 5.41) is 17.5. The third kappa shape index (κ3) is 10.5. The van der Waals surface area contributed by atoms with E-state index in [4.69, 9.17) is 9.97 Å². The van der Waals surface area contributed by atoms with E-state index in [0.717, 1.165) is 106 Å². The van der Waals surface area contributed by atoms with E-state index in [0.29, 0.717) is 11.4 Å². The number of rotatable bonds is 9. The summed E-state index contributed by atoms with van der Waals surface area (Å²) in [6.45, 7) is 34.5. The summed E-state index contributed by atoms with van der Waals surface area (Å²) >= 11 is 0. The maximum Gasteiger partial charge on any atom is 0.149 e. The third-order valence-electron chi connectivity index (χ3n) is 16.6. The van der Waals surface area contributed by atoms with Gasteiger partial charge in [0.05, 0.1) is 28.0 Å². The largest absolute Gasteiger partial charge is 0.507 e. The Morgan fingerprint density at radius 3 is 1.73 bits per heavy atom. The van der Waals surface area contributed by atoms with Crippen molar-refractivity contribution < 1.29 is 7.85 Å². The molecule has 0 saturated carbocycles. The lowest BCUT2D eigenvalue weighted by Crippen LogP contribution is -2.17. The van der Waals surface area contributed by atoms with Gasteiger partial charge in [-0.15, -0.1) is 0 Å². The van der Waals surface area contributed by atoms with Gasteiger partial charge in [0.25, 0.3) is 0 Å². The number of para-hydroxylation sites is 1. The summed E-state index contributed by atoms with van der Waals surface area (Å²) in [5.74, 6) is -1.14. The lowest BCUT2D eigenvalue weighted by atomic mass is 9.79. The number of hydrogen-bond acceptors (Lipinski definition) is 3. The predicted molar refractivity (Wildman–Crippen MR) is 351 cm³/mol. The van der Waals surface area contributed by atoms with Crippen molar-refractivity contribution in [1.82, 2.24) is 14.5 Å². The van der Waals surface area contributed by atoms with Gasteiger partial charge in [0, 0.05) is 31.2 Å². The molecule has 0 atom stereocenters. The molecule has 11 aromatic rings. The number of nitrogens with zero attached hydrogens (tertiary/aromatic N) is 3. The lowest BCUT2D eigenvalue weighted by Gasteiger charge is -2.28. The average molecular weight is 1080 g/mol. The number of phenols is 1. The molecule has 82 heavy (non-hydrogen) atoms. The summed E-state index contributed by atoms with van der Waals surface area (Å²) in [6.07, 6.45) is 1.88. The number of imidazole rings is 1. The van der Waals surface area contributed by atoms with Crippen LogP contribution in [0.25, 0.3) is 105 Å². The highest BCUT2D eigenvalue weighted by molar-refractivity contribution is 6.08. The van der Waals surface area contributed by atoms with Gasteiger partial charge < -0.3 is 5.11 Å². The first kappa shape index (κ1) is 53.2. The van der Waals surface area contributed by atoms with Crippen LogP contribution in [-0.4, -0.2) is 19.6 Å². The van der Waals surface area contributed by atoms with Gasteiger partial charge >= 0.3 is 0 Å². The number of phenolic OH excluding ortho intramolecular Hbond substituents is 1. The number of hydrogen-bond donors (Lipinski definition) is 1. The van der Waals surface area contributed by atoms with Crippen molar-refractivity contribution in [3.8, 4) is 78.6 Å². The van der Waals surface area contributed by atoms with Crippen LogP contribution in [0.2, 0.25) is 0 Å². The van der Waals surface area contributed by atoms with Crippen molar-refractivity contribution in [2.45, 2.75) is 144 Å². The summed E-state index contributed by atoms with van der Waals surface area (Å²) in [7, 11) is 0. The smallest absolute Gasteiger partial charge is 0.149 e. The third-order valence-corrected chi connectivity index (χ3v) is 16.6. The molecule has 4 heteroatoms. The van der Waals surface area contributed by atoms with E-state index in [9.17, 15) is 7.85 Å². The summed E-state index contributed by atoms with van der Waals surface area (Å²) in [5.41, 5.74) is 18.2. The zero-order valence-electron chi connectivity index (χ0n) is 53.1. The Balaban J connectivity index is 1.13. The van der Waals surface area contributed by atoms with Crippen molar-refractivity contribution in [3.05, 3.63) is 216 Å². The number of aromatic hydroxyl groups is 1. The van der Waals surface area contributed by atoms with Gasteiger partial charge in [0.2, 0.25) is 0 Å². The van der Waals surface area contributed by atoms with Crippen LogP contribution in [-0.2, 0) is 21.7 Å². The normalized spacial score (nSPS) is 13.3. The zero-order chi connectivity index (χ0) is 60.2. The molecular formula is C78H81N3O. The maximum absolute atomic E-state index is 12.8. The molecule has 0 unspecified atom stereocenters. The lowest BCUT2D eigenvalue weighted by molar-refractivity contribution is 0.446. The second kappa shape index (κ2) is 20.7. The molecule has 0 saturated heterocycles. The average Bonchev–Trinajstić information content (AvgIpc) is 1.68. The Bertz CT molecular complexity index is 4330. The van der Waals surface area contributed by atoms with E-state index in [1.807, 2.05) is 40.0 Å². The molecule has 0 aliphatic rings. The van der Waals surface area contributed by atoms with Crippen molar-refractivity contribution >= 4 is 32.6 Å². The van der Waals surface area contributed by atoms with Crippen molar-refractivity contribution in [1.29, 1.82) is 0 Å². The Morgan fingerprint density at radius 2 is 1.06 bits per heavy atom. The first-order valence-corrected chi connectivity index (χ1v) is 29.2. The highest BCUT2D eigenvalue weighted by atomic mass is 16.3. The van der Waals surface area contributed by atoms with E-state index in [2.05, 4.69) is 258 Å². The summed E-state index contributed by atoms with van der Waals surface area (Å²) < 4.78 is 21.8. The fourth-order valence-electron chi connectivity index (χ4n) is 11.8. The predicted octanol–water partition coefficient (Wildman–Crippen LogP) is 21.9. The topological polar surface area (TPSA) is 50.9 Å². The molecule has 1 N–H and O–H groups in total. The molecule has 0 aliphatic heterocycles. The van der Waals surface area contributed by atoms with E-state index < -0.39 is 11.8 Å². The van der Waals surface area contributed by atoms with E-state index in [-0.39, 0.29) is 27.4 Å². The first-order valence-electron chi connectivity index (χ1n) is 30.2. The van der Waals surface area contributed by atoms with Crippen LogP contribution in [0, 0.1) is 0 Å². The highest BCUT2D eigenvalue weighted by Gasteiger charge is 2.31. The van der Waals surface area contributed by atoms with Gasteiger partial charge in [-0.25, -0.2) is 4.98 Å². The standard InChI is InChI=1S/C78H81N3O/c1-47(2)63-41-54(51-31-33-61-52(37-51)30-29-50-25-20-21-26-60(50)61)42-64(48(3)4)71(63)53-35-36-79-68(43-53)56-38-55(39-58(40-56)76(8,9)10)62-27-22-28-70-72(62)80-74(66-45-59(77(11,12)13)46-67(73(66)82)78(14,15)16)81(70)69-34-32-57(75(5,6)7)44-65(69)49-23-18-17-19-24-49/h17-48,82H,1-16H3/i47D,48D. The second-order valence-electron chi connectivity index (χ2n) is 27.4. The molecule has 2 heterocycles. The van der Waals surface area contributed by atoms with Gasteiger partial charge in [0.15, 0.2) is 0 Å². The number of pyridine rings is 1. The molecular weight excluding hydrogens is 995 g/mol. The molecule has 0 bridgehead atoms. The zero-order valence-corrected chi connectivity index (χ0v) is 51.1. The Hall–Kier alpha value is -8.08. The minimum absolute atomic E-state index is 0.110.